The molecule has 0 saturated heterocycles. The Hall–Kier alpha value is -7.94. The van der Waals surface area contributed by atoms with E-state index in [0.29, 0.717) is 0 Å². The Kier molecular flexibility index (Phi) is 8.87. The molecule has 0 unspecified atom stereocenters. The molecule has 11 rings (SSSR count). The number of rotatable bonds is 8. The molecule has 0 atom stereocenters. The van der Waals surface area contributed by atoms with Crippen LogP contribution in [-0.2, 0) is 0 Å². The zero-order valence-corrected chi connectivity index (χ0v) is 33.0. The molecule has 0 fully saturated rings. The summed E-state index contributed by atoms with van der Waals surface area (Å²) >= 11 is 0. The number of para-hydroxylation sites is 2. The third-order valence-corrected chi connectivity index (χ3v) is 11.8. The van der Waals surface area contributed by atoms with Gasteiger partial charge >= 0.3 is 0 Å². The molecule has 10 aromatic carbocycles. The fraction of sp³-hybridized carbons (Fsp3) is 0. The molecule has 11 aromatic rings. The maximum atomic E-state index is 2.50. The number of anilines is 3. The lowest BCUT2D eigenvalue weighted by Gasteiger charge is -2.31. The second-order valence-electron chi connectivity index (χ2n) is 15.3. The summed E-state index contributed by atoms with van der Waals surface area (Å²) in [7, 11) is 0. The molecule has 0 aliphatic rings. The Bertz CT molecular complexity index is 3290. The highest BCUT2D eigenvalue weighted by Crippen LogP contribution is 2.48. The van der Waals surface area contributed by atoms with E-state index in [2.05, 4.69) is 252 Å². The average molecular weight is 765 g/mol. The van der Waals surface area contributed by atoms with Crippen LogP contribution in [0, 0.1) is 0 Å². The summed E-state index contributed by atoms with van der Waals surface area (Å²) < 4.78 is 2.41. The van der Waals surface area contributed by atoms with Crippen LogP contribution in [0.25, 0.3) is 82.8 Å². The second kappa shape index (κ2) is 15.1. The van der Waals surface area contributed by atoms with E-state index in [-0.39, 0.29) is 0 Å². The molecule has 0 radical (unpaired) electrons. The van der Waals surface area contributed by atoms with Crippen molar-refractivity contribution in [1.29, 1.82) is 0 Å². The number of hydrogen-bond acceptors (Lipinski definition) is 1. The molecule has 2 nitrogen and oxygen atoms in total. The van der Waals surface area contributed by atoms with Crippen molar-refractivity contribution in [3.8, 4) is 50.2 Å². The summed E-state index contributed by atoms with van der Waals surface area (Å²) in [5, 5.41) is 4.92. The number of nitrogens with zero attached hydrogens (tertiary/aromatic N) is 2. The summed E-state index contributed by atoms with van der Waals surface area (Å²) in [6.07, 6.45) is 0. The van der Waals surface area contributed by atoms with Crippen molar-refractivity contribution in [3.05, 3.63) is 243 Å². The molecule has 0 aliphatic carbocycles. The van der Waals surface area contributed by atoms with E-state index in [1.165, 1.54) is 43.8 Å². The molecular weight excluding hydrogens is 725 g/mol. The minimum Gasteiger partial charge on any atom is -0.309 e. The molecule has 0 N–H and O–H groups in total. The van der Waals surface area contributed by atoms with Gasteiger partial charge in [-0.25, -0.2) is 0 Å². The molecular formula is C58H40N2. The van der Waals surface area contributed by atoms with Gasteiger partial charge in [-0.05, 0) is 92.7 Å². The van der Waals surface area contributed by atoms with Gasteiger partial charge < -0.3 is 9.47 Å². The van der Waals surface area contributed by atoms with E-state index in [1.54, 1.807) is 0 Å². The number of benzene rings is 10. The van der Waals surface area contributed by atoms with E-state index in [4.69, 9.17) is 0 Å². The fourth-order valence-electron chi connectivity index (χ4n) is 8.97. The molecule has 0 aliphatic heterocycles. The highest BCUT2D eigenvalue weighted by molar-refractivity contribution is 6.11. The van der Waals surface area contributed by atoms with Crippen LogP contribution in [0.2, 0.25) is 0 Å². The fourth-order valence-corrected chi connectivity index (χ4v) is 8.97. The third-order valence-electron chi connectivity index (χ3n) is 11.8. The number of hydrogen-bond donors (Lipinski definition) is 0. The minimum atomic E-state index is 1.07. The predicted molar refractivity (Wildman–Crippen MR) is 255 cm³/mol. The predicted octanol–water partition coefficient (Wildman–Crippen LogP) is 16.1. The van der Waals surface area contributed by atoms with E-state index in [1.807, 2.05) is 0 Å². The smallest absolute Gasteiger partial charge is 0.0561 e. The van der Waals surface area contributed by atoms with Crippen LogP contribution in [0.4, 0.5) is 17.1 Å². The van der Waals surface area contributed by atoms with Crippen molar-refractivity contribution in [2.24, 2.45) is 0 Å². The molecule has 60 heavy (non-hydrogen) atoms. The quantitative estimate of drug-likeness (QED) is 0.150. The highest BCUT2D eigenvalue weighted by atomic mass is 15.1. The van der Waals surface area contributed by atoms with Crippen molar-refractivity contribution >= 4 is 49.6 Å². The maximum absolute atomic E-state index is 2.50. The molecule has 1 heterocycles. The first-order valence-electron chi connectivity index (χ1n) is 20.6. The van der Waals surface area contributed by atoms with E-state index in [9.17, 15) is 0 Å². The molecule has 1 aromatic heterocycles. The van der Waals surface area contributed by atoms with Gasteiger partial charge in [0.05, 0.1) is 22.4 Å². The average Bonchev–Trinajstić information content (AvgIpc) is 3.66. The first kappa shape index (κ1) is 35.2. The summed E-state index contributed by atoms with van der Waals surface area (Å²) in [5.41, 5.74) is 16.1. The Labute approximate surface area is 350 Å². The van der Waals surface area contributed by atoms with Crippen LogP contribution in [0.5, 0.6) is 0 Å². The monoisotopic (exact) mass is 764 g/mol. The van der Waals surface area contributed by atoms with E-state index < -0.39 is 0 Å². The Morgan fingerprint density at radius 3 is 1.62 bits per heavy atom. The topological polar surface area (TPSA) is 8.17 Å². The minimum absolute atomic E-state index is 1.07. The van der Waals surface area contributed by atoms with Crippen LogP contribution < -0.4 is 4.90 Å². The second-order valence-corrected chi connectivity index (χ2v) is 15.3. The van der Waals surface area contributed by atoms with Crippen LogP contribution in [0.3, 0.4) is 0 Å². The lowest BCUT2D eigenvalue weighted by atomic mass is 9.92. The molecule has 0 saturated carbocycles. The van der Waals surface area contributed by atoms with Gasteiger partial charge in [-0.2, -0.15) is 0 Å². The SMILES string of the molecule is c1ccc(-c2ccc(-c3ccccc3)c(N(c3ccc4c5ccccc5n(-c5ccccc5)c4c3)c3ccc(-c4cccc5ccccc45)cc3-c3ccccc3)c2)cc1. The van der Waals surface area contributed by atoms with Gasteiger partial charge in [-0.3, -0.25) is 0 Å². The van der Waals surface area contributed by atoms with Gasteiger partial charge in [-0.1, -0.05) is 194 Å². The summed E-state index contributed by atoms with van der Waals surface area (Å²) in [6, 6.07) is 88.1. The first-order valence-corrected chi connectivity index (χ1v) is 20.6. The van der Waals surface area contributed by atoms with Crippen molar-refractivity contribution in [2.45, 2.75) is 0 Å². The zero-order valence-electron chi connectivity index (χ0n) is 33.0. The Balaban J connectivity index is 1.24. The lowest BCUT2D eigenvalue weighted by molar-refractivity contribution is 1.18. The van der Waals surface area contributed by atoms with Gasteiger partial charge in [0.15, 0.2) is 0 Å². The summed E-state index contributed by atoms with van der Waals surface area (Å²) in [6.45, 7) is 0. The van der Waals surface area contributed by atoms with Crippen LogP contribution in [0.1, 0.15) is 0 Å². The van der Waals surface area contributed by atoms with Crippen molar-refractivity contribution < 1.29 is 0 Å². The normalized spacial score (nSPS) is 11.3. The van der Waals surface area contributed by atoms with Gasteiger partial charge in [-0.15, -0.1) is 0 Å². The molecule has 282 valence electrons. The number of fused-ring (bicyclic) bond motifs is 4. The van der Waals surface area contributed by atoms with Crippen LogP contribution >= 0.6 is 0 Å². The summed E-state index contributed by atoms with van der Waals surface area (Å²) in [5.74, 6) is 0. The van der Waals surface area contributed by atoms with Crippen molar-refractivity contribution in [3.63, 3.8) is 0 Å². The molecule has 0 amide bonds. The maximum Gasteiger partial charge on any atom is 0.0561 e. The molecule has 0 spiro atoms. The highest BCUT2D eigenvalue weighted by Gasteiger charge is 2.24. The van der Waals surface area contributed by atoms with E-state index in [0.717, 1.165) is 56.1 Å². The Morgan fingerprint density at radius 1 is 0.283 bits per heavy atom. The van der Waals surface area contributed by atoms with Crippen LogP contribution in [0.15, 0.2) is 243 Å². The zero-order chi connectivity index (χ0) is 39.8. The van der Waals surface area contributed by atoms with Gasteiger partial charge in [0, 0.05) is 33.3 Å². The molecule has 0 bridgehead atoms. The van der Waals surface area contributed by atoms with Crippen molar-refractivity contribution in [1.82, 2.24) is 4.57 Å². The lowest BCUT2D eigenvalue weighted by Crippen LogP contribution is -2.13. The van der Waals surface area contributed by atoms with Crippen LogP contribution in [-0.4, -0.2) is 4.57 Å². The Morgan fingerprint density at radius 2 is 0.867 bits per heavy atom. The largest absolute Gasteiger partial charge is 0.309 e. The van der Waals surface area contributed by atoms with Gasteiger partial charge in [0.2, 0.25) is 0 Å². The number of aromatic nitrogens is 1. The standard InChI is InChI=1S/C58H40N2/c1-5-18-41(19-6-1)45-32-35-51(43-20-7-2-8-21-43)57(39-45)60(48-34-36-53-52-29-15-16-31-55(52)59(58(53)40-48)47-26-11-4-12-27-47)56-37-33-46(38-54(56)44-22-9-3-10-23-44)50-30-17-25-42-24-13-14-28-49(42)50/h1-40H. The van der Waals surface area contributed by atoms with Gasteiger partial charge in [0.1, 0.15) is 0 Å². The van der Waals surface area contributed by atoms with Gasteiger partial charge in [0.25, 0.3) is 0 Å². The van der Waals surface area contributed by atoms with Crippen molar-refractivity contribution in [2.75, 3.05) is 4.90 Å². The first-order chi connectivity index (χ1) is 29.8. The summed E-state index contributed by atoms with van der Waals surface area (Å²) in [4.78, 5) is 2.50. The molecule has 2 heteroatoms. The van der Waals surface area contributed by atoms with E-state index >= 15 is 0 Å². The third kappa shape index (κ3) is 6.23.